The Labute approximate surface area is 140 Å². The number of hydrogen-bond donors (Lipinski definition) is 0. The van der Waals surface area contributed by atoms with Gasteiger partial charge in [-0.1, -0.05) is 24.3 Å². The van der Waals surface area contributed by atoms with Gasteiger partial charge in [-0.05, 0) is 36.1 Å². The van der Waals surface area contributed by atoms with Crippen molar-refractivity contribution in [3.63, 3.8) is 0 Å². The number of amides is 1. The molecule has 0 aliphatic carbocycles. The van der Waals surface area contributed by atoms with Crippen molar-refractivity contribution >= 4 is 17.7 Å². The smallest absolute Gasteiger partial charge is 0.267 e. The van der Waals surface area contributed by atoms with E-state index in [1.807, 2.05) is 42.7 Å². The van der Waals surface area contributed by atoms with Gasteiger partial charge in [-0.15, -0.1) is 11.8 Å². The van der Waals surface area contributed by atoms with E-state index in [9.17, 15) is 4.79 Å². The number of carbonyl (C=O) groups is 1. The first-order chi connectivity index (χ1) is 11.2. The molecule has 0 saturated heterocycles. The van der Waals surface area contributed by atoms with Crippen LogP contribution in [0.15, 0.2) is 53.4 Å². The molecule has 1 aliphatic rings. The van der Waals surface area contributed by atoms with Crippen molar-refractivity contribution in [2.24, 2.45) is 0 Å². The van der Waals surface area contributed by atoms with Crippen molar-refractivity contribution in [2.75, 3.05) is 19.9 Å². The fourth-order valence-corrected chi connectivity index (χ4v) is 2.88. The Morgan fingerprint density at radius 1 is 1.17 bits per heavy atom. The average Bonchev–Trinajstić information content (AvgIpc) is 2.61. The molecular formula is C18H19NO3S. The molecule has 0 aromatic heterocycles. The van der Waals surface area contributed by atoms with Crippen molar-refractivity contribution in [2.45, 2.75) is 17.5 Å². The maximum Gasteiger partial charge on any atom is 0.267 e. The van der Waals surface area contributed by atoms with E-state index in [2.05, 4.69) is 12.1 Å². The zero-order valence-electron chi connectivity index (χ0n) is 13.2. The molecule has 2 aromatic carbocycles. The van der Waals surface area contributed by atoms with Crippen molar-refractivity contribution in [1.82, 2.24) is 4.90 Å². The first-order valence-corrected chi connectivity index (χ1v) is 8.66. The van der Waals surface area contributed by atoms with Crippen LogP contribution in [-0.4, -0.2) is 36.8 Å². The molecule has 0 spiro atoms. The third-order valence-corrected chi connectivity index (χ3v) is 4.48. The van der Waals surface area contributed by atoms with Crippen LogP contribution in [0.1, 0.15) is 5.56 Å². The summed E-state index contributed by atoms with van der Waals surface area (Å²) in [6.07, 6.45) is 1.45. The third kappa shape index (κ3) is 3.62. The van der Waals surface area contributed by atoms with Gasteiger partial charge in [0.15, 0.2) is 11.5 Å². The highest BCUT2D eigenvalue weighted by Gasteiger charge is 2.29. The van der Waals surface area contributed by atoms with E-state index in [-0.39, 0.29) is 12.5 Å². The molecule has 23 heavy (non-hydrogen) atoms. The summed E-state index contributed by atoms with van der Waals surface area (Å²) >= 11 is 1.70. The molecule has 1 amide bonds. The summed E-state index contributed by atoms with van der Waals surface area (Å²) in [5, 5.41) is 0. The highest BCUT2D eigenvalue weighted by molar-refractivity contribution is 7.98. The minimum atomic E-state index is -0.597. The van der Waals surface area contributed by atoms with Crippen molar-refractivity contribution in [3.05, 3.63) is 54.1 Å². The molecule has 1 heterocycles. The second-order valence-electron chi connectivity index (χ2n) is 5.41. The van der Waals surface area contributed by atoms with Crippen LogP contribution in [0.5, 0.6) is 11.5 Å². The predicted molar refractivity (Wildman–Crippen MR) is 91.1 cm³/mol. The molecule has 2 aromatic rings. The zero-order chi connectivity index (χ0) is 16.2. The highest BCUT2D eigenvalue weighted by Crippen LogP contribution is 2.31. The number of nitrogens with zero attached hydrogens (tertiary/aromatic N) is 1. The molecule has 0 bridgehead atoms. The summed E-state index contributed by atoms with van der Waals surface area (Å²) in [6.45, 7) is 0.792. The molecule has 4 nitrogen and oxygen atoms in total. The number of carbonyl (C=O) groups excluding carboxylic acids is 1. The van der Waals surface area contributed by atoms with E-state index in [0.29, 0.717) is 18.0 Å². The summed E-state index contributed by atoms with van der Waals surface area (Å²) < 4.78 is 11.4. The van der Waals surface area contributed by atoms with E-state index in [1.165, 1.54) is 4.90 Å². The lowest BCUT2D eigenvalue weighted by molar-refractivity contribution is -0.140. The Kier molecular flexibility index (Phi) is 4.76. The van der Waals surface area contributed by atoms with Gasteiger partial charge in [-0.25, -0.2) is 0 Å². The third-order valence-electron chi connectivity index (χ3n) is 3.74. The normalized spacial score (nSPS) is 16.0. The van der Waals surface area contributed by atoms with Crippen molar-refractivity contribution in [1.29, 1.82) is 0 Å². The Morgan fingerprint density at radius 3 is 2.57 bits per heavy atom. The standard InChI is InChI=1S/C18H19NO3S/c1-19(11-13-7-9-14(23-2)10-8-13)18(20)17-12-21-15-5-3-4-6-16(15)22-17/h3-10,17H,11-12H2,1-2H3/t17-/m1/s1. The number of para-hydroxylation sites is 2. The topological polar surface area (TPSA) is 38.8 Å². The SMILES string of the molecule is CSc1ccc(CN(C)C(=O)[C@H]2COc3ccccc3O2)cc1. The van der Waals surface area contributed by atoms with Crippen LogP contribution < -0.4 is 9.47 Å². The molecule has 1 aliphatic heterocycles. The summed E-state index contributed by atoms with van der Waals surface area (Å²) in [4.78, 5) is 15.4. The van der Waals surface area contributed by atoms with Gasteiger partial charge in [0.05, 0.1) is 0 Å². The van der Waals surface area contributed by atoms with Gasteiger partial charge >= 0.3 is 0 Å². The van der Waals surface area contributed by atoms with Gasteiger partial charge in [0.2, 0.25) is 6.10 Å². The number of rotatable bonds is 4. The molecule has 5 heteroatoms. The molecule has 0 fully saturated rings. The van der Waals surface area contributed by atoms with Crippen LogP contribution in [0.25, 0.3) is 0 Å². The lowest BCUT2D eigenvalue weighted by Crippen LogP contribution is -2.44. The summed E-state index contributed by atoms with van der Waals surface area (Å²) in [7, 11) is 1.79. The monoisotopic (exact) mass is 329 g/mol. The molecule has 0 radical (unpaired) electrons. The van der Waals surface area contributed by atoms with Gasteiger partial charge in [0.1, 0.15) is 6.61 Å². The largest absolute Gasteiger partial charge is 0.485 e. The van der Waals surface area contributed by atoms with E-state index < -0.39 is 6.10 Å². The van der Waals surface area contributed by atoms with Crippen LogP contribution in [0.4, 0.5) is 0 Å². The molecule has 0 N–H and O–H groups in total. The fraction of sp³-hybridized carbons (Fsp3) is 0.278. The highest BCUT2D eigenvalue weighted by atomic mass is 32.2. The quantitative estimate of drug-likeness (QED) is 0.808. The zero-order valence-corrected chi connectivity index (χ0v) is 14.0. The average molecular weight is 329 g/mol. The van der Waals surface area contributed by atoms with E-state index in [4.69, 9.17) is 9.47 Å². The van der Waals surface area contributed by atoms with Crippen LogP contribution >= 0.6 is 11.8 Å². The molecular weight excluding hydrogens is 310 g/mol. The van der Waals surface area contributed by atoms with Crippen molar-refractivity contribution in [3.8, 4) is 11.5 Å². The number of likely N-dealkylation sites (N-methyl/N-ethyl adjacent to an activating group) is 1. The van der Waals surface area contributed by atoms with E-state index in [0.717, 1.165) is 5.56 Å². The van der Waals surface area contributed by atoms with Crippen LogP contribution in [0.3, 0.4) is 0 Å². The van der Waals surface area contributed by atoms with Gasteiger partial charge in [0, 0.05) is 18.5 Å². The maximum absolute atomic E-state index is 12.6. The Balaban J connectivity index is 1.63. The number of ether oxygens (including phenoxy) is 2. The maximum atomic E-state index is 12.6. The predicted octanol–water partition coefficient (Wildman–Crippen LogP) is 3.21. The lowest BCUT2D eigenvalue weighted by atomic mass is 10.2. The second-order valence-corrected chi connectivity index (χ2v) is 6.29. The molecule has 0 unspecified atom stereocenters. The summed E-state index contributed by atoms with van der Waals surface area (Å²) in [5.41, 5.74) is 1.09. The van der Waals surface area contributed by atoms with Gasteiger partial charge in [0.25, 0.3) is 5.91 Å². The molecule has 1 atom stereocenters. The number of benzene rings is 2. The van der Waals surface area contributed by atoms with Crippen LogP contribution in [0.2, 0.25) is 0 Å². The van der Waals surface area contributed by atoms with Gasteiger partial charge < -0.3 is 14.4 Å². The first-order valence-electron chi connectivity index (χ1n) is 7.44. The fourth-order valence-electron chi connectivity index (χ4n) is 2.47. The summed E-state index contributed by atoms with van der Waals surface area (Å²) in [5.74, 6) is 1.23. The second kappa shape index (κ2) is 6.96. The van der Waals surface area contributed by atoms with E-state index in [1.54, 1.807) is 23.7 Å². The lowest BCUT2D eigenvalue weighted by Gasteiger charge is -2.28. The van der Waals surface area contributed by atoms with Crippen molar-refractivity contribution < 1.29 is 14.3 Å². The Hall–Kier alpha value is -2.14. The Morgan fingerprint density at radius 2 is 1.87 bits per heavy atom. The first kappa shape index (κ1) is 15.7. The molecule has 0 saturated carbocycles. The summed E-state index contributed by atoms with van der Waals surface area (Å²) in [6, 6.07) is 15.6. The number of thioether (sulfide) groups is 1. The van der Waals surface area contributed by atoms with Gasteiger partial charge in [-0.2, -0.15) is 0 Å². The van der Waals surface area contributed by atoms with Gasteiger partial charge in [-0.3, -0.25) is 4.79 Å². The minimum Gasteiger partial charge on any atom is -0.485 e. The van der Waals surface area contributed by atoms with Crippen LogP contribution in [0, 0.1) is 0 Å². The molecule has 3 rings (SSSR count). The Bertz CT molecular complexity index is 687. The number of fused-ring (bicyclic) bond motifs is 1. The number of hydrogen-bond acceptors (Lipinski definition) is 4. The van der Waals surface area contributed by atoms with Crippen LogP contribution in [-0.2, 0) is 11.3 Å². The molecule has 120 valence electrons. The van der Waals surface area contributed by atoms with E-state index >= 15 is 0 Å². The minimum absolute atomic E-state index is 0.0755.